The van der Waals surface area contributed by atoms with E-state index >= 15 is 0 Å². The molecule has 2 rings (SSSR count). The number of hydrogen-bond acceptors (Lipinski definition) is 3. The molecule has 0 spiro atoms. The number of amides is 1. The van der Waals surface area contributed by atoms with Crippen LogP contribution in [0.1, 0.15) is 73.2 Å². The summed E-state index contributed by atoms with van der Waals surface area (Å²) in [5.41, 5.74) is 0.890. The van der Waals surface area contributed by atoms with Gasteiger partial charge in [0.15, 0.2) is 0 Å². The second-order valence-corrected chi connectivity index (χ2v) is 8.37. The standard InChI is InChI=1S/C17H28N2OS/c1-12-14(21-16(18-12)17(2,3)4)15(20)19(5)11-13-9-7-6-8-10-13/h13H,6-11H2,1-5H3. The maximum atomic E-state index is 12.7. The van der Waals surface area contributed by atoms with E-state index in [1.165, 1.54) is 32.1 Å². The number of carbonyl (C=O) groups is 1. The summed E-state index contributed by atoms with van der Waals surface area (Å²) in [5.74, 6) is 0.828. The number of thiazole rings is 1. The Balaban J connectivity index is 2.06. The van der Waals surface area contributed by atoms with Gasteiger partial charge in [-0.2, -0.15) is 0 Å². The van der Waals surface area contributed by atoms with Crippen LogP contribution in [0.2, 0.25) is 0 Å². The lowest BCUT2D eigenvalue weighted by Crippen LogP contribution is -2.32. The summed E-state index contributed by atoms with van der Waals surface area (Å²) in [6, 6.07) is 0. The van der Waals surface area contributed by atoms with Gasteiger partial charge in [-0.1, -0.05) is 40.0 Å². The van der Waals surface area contributed by atoms with Crippen molar-refractivity contribution in [1.29, 1.82) is 0 Å². The van der Waals surface area contributed by atoms with Crippen LogP contribution in [0.5, 0.6) is 0 Å². The molecule has 0 N–H and O–H groups in total. The highest BCUT2D eigenvalue weighted by Crippen LogP contribution is 2.30. The fourth-order valence-electron chi connectivity index (χ4n) is 2.93. The fraction of sp³-hybridized carbons (Fsp3) is 0.765. The van der Waals surface area contributed by atoms with Crippen LogP contribution in [0.15, 0.2) is 0 Å². The Morgan fingerprint density at radius 2 is 1.90 bits per heavy atom. The first-order chi connectivity index (χ1) is 9.79. The molecule has 0 atom stereocenters. The molecule has 1 aromatic heterocycles. The molecule has 0 saturated heterocycles. The summed E-state index contributed by atoms with van der Waals surface area (Å²) < 4.78 is 0. The van der Waals surface area contributed by atoms with E-state index in [-0.39, 0.29) is 11.3 Å². The largest absolute Gasteiger partial charge is 0.341 e. The lowest BCUT2D eigenvalue weighted by Gasteiger charge is -2.26. The SMILES string of the molecule is Cc1nc(C(C)(C)C)sc1C(=O)N(C)CC1CCCCC1. The Bertz CT molecular complexity index is 495. The molecule has 0 radical (unpaired) electrons. The molecule has 0 aromatic carbocycles. The van der Waals surface area contributed by atoms with Crippen LogP contribution in [0.25, 0.3) is 0 Å². The summed E-state index contributed by atoms with van der Waals surface area (Å²) in [7, 11) is 1.94. The quantitative estimate of drug-likeness (QED) is 0.829. The normalized spacial score (nSPS) is 17.0. The summed E-state index contributed by atoms with van der Waals surface area (Å²) in [6.07, 6.45) is 6.54. The molecule has 118 valence electrons. The van der Waals surface area contributed by atoms with Crippen molar-refractivity contribution in [2.45, 2.75) is 65.2 Å². The van der Waals surface area contributed by atoms with Gasteiger partial charge in [-0.05, 0) is 25.7 Å². The monoisotopic (exact) mass is 308 g/mol. The predicted octanol–water partition coefficient (Wildman–Crippen LogP) is 4.40. The molecule has 0 unspecified atom stereocenters. The second kappa shape index (κ2) is 6.47. The van der Waals surface area contributed by atoms with Crippen molar-refractivity contribution >= 4 is 17.2 Å². The van der Waals surface area contributed by atoms with Crippen molar-refractivity contribution in [2.24, 2.45) is 5.92 Å². The van der Waals surface area contributed by atoms with Gasteiger partial charge in [-0.15, -0.1) is 11.3 Å². The molecule has 1 aliphatic carbocycles. The Labute approximate surface area is 132 Å². The maximum Gasteiger partial charge on any atom is 0.265 e. The number of nitrogens with zero attached hydrogens (tertiary/aromatic N) is 2. The predicted molar refractivity (Wildman–Crippen MR) is 89.1 cm³/mol. The van der Waals surface area contributed by atoms with Crippen molar-refractivity contribution in [3.8, 4) is 0 Å². The molecule has 1 amide bonds. The Kier molecular flexibility index (Phi) is 5.07. The maximum absolute atomic E-state index is 12.7. The van der Waals surface area contributed by atoms with Crippen molar-refractivity contribution in [2.75, 3.05) is 13.6 Å². The minimum absolute atomic E-state index is 0.00982. The van der Waals surface area contributed by atoms with E-state index in [2.05, 4.69) is 25.8 Å². The minimum Gasteiger partial charge on any atom is -0.341 e. The smallest absolute Gasteiger partial charge is 0.265 e. The van der Waals surface area contributed by atoms with Crippen molar-refractivity contribution in [1.82, 2.24) is 9.88 Å². The van der Waals surface area contributed by atoms with Gasteiger partial charge in [-0.25, -0.2) is 4.98 Å². The van der Waals surface area contributed by atoms with Crippen molar-refractivity contribution in [3.05, 3.63) is 15.6 Å². The Morgan fingerprint density at radius 1 is 1.29 bits per heavy atom. The summed E-state index contributed by atoms with van der Waals surface area (Å²) in [5, 5.41) is 1.05. The molecular weight excluding hydrogens is 280 g/mol. The van der Waals surface area contributed by atoms with Crippen LogP contribution >= 0.6 is 11.3 Å². The molecule has 1 aliphatic rings. The average Bonchev–Trinajstić information content (AvgIpc) is 2.81. The first kappa shape index (κ1) is 16.5. The molecule has 1 aromatic rings. The molecule has 1 saturated carbocycles. The molecule has 0 aliphatic heterocycles. The van der Waals surface area contributed by atoms with E-state index in [0.29, 0.717) is 5.92 Å². The van der Waals surface area contributed by atoms with Gasteiger partial charge in [0.25, 0.3) is 5.91 Å². The average molecular weight is 308 g/mol. The van der Waals surface area contributed by atoms with Crippen molar-refractivity contribution in [3.63, 3.8) is 0 Å². The Morgan fingerprint density at radius 3 is 2.43 bits per heavy atom. The first-order valence-electron chi connectivity index (χ1n) is 8.02. The van der Waals surface area contributed by atoms with Crippen LogP contribution in [-0.4, -0.2) is 29.4 Å². The van der Waals surface area contributed by atoms with Gasteiger partial charge >= 0.3 is 0 Å². The third-order valence-electron chi connectivity index (χ3n) is 4.24. The highest BCUT2D eigenvalue weighted by molar-refractivity contribution is 7.14. The fourth-order valence-corrected chi connectivity index (χ4v) is 4.05. The molecular formula is C17H28N2OS. The van der Waals surface area contributed by atoms with Crippen LogP contribution in [0.3, 0.4) is 0 Å². The third-order valence-corrected chi connectivity index (χ3v) is 5.81. The van der Waals surface area contributed by atoms with Gasteiger partial charge in [0, 0.05) is 19.0 Å². The molecule has 21 heavy (non-hydrogen) atoms. The van der Waals surface area contributed by atoms with E-state index in [1.54, 1.807) is 11.3 Å². The van der Waals surface area contributed by atoms with Crippen LogP contribution < -0.4 is 0 Å². The van der Waals surface area contributed by atoms with Gasteiger partial charge in [-0.3, -0.25) is 4.79 Å². The van der Waals surface area contributed by atoms with Crippen LogP contribution in [-0.2, 0) is 5.41 Å². The third kappa shape index (κ3) is 4.06. The number of rotatable bonds is 3. The van der Waals surface area contributed by atoms with Gasteiger partial charge in [0.1, 0.15) is 4.88 Å². The van der Waals surface area contributed by atoms with E-state index in [4.69, 9.17) is 0 Å². The van der Waals surface area contributed by atoms with E-state index in [1.807, 2.05) is 18.9 Å². The van der Waals surface area contributed by atoms with E-state index < -0.39 is 0 Å². The van der Waals surface area contributed by atoms with Gasteiger partial charge < -0.3 is 4.90 Å². The Hall–Kier alpha value is -0.900. The molecule has 0 bridgehead atoms. The number of hydrogen-bond donors (Lipinski definition) is 0. The minimum atomic E-state index is 0.00982. The zero-order chi connectivity index (χ0) is 15.6. The van der Waals surface area contributed by atoms with E-state index in [9.17, 15) is 4.79 Å². The van der Waals surface area contributed by atoms with Crippen LogP contribution in [0.4, 0.5) is 0 Å². The summed E-state index contributed by atoms with van der Waals surface area (Å²) >= 11 is 1.56. The highest BCUT2D eigenvalue weighted by Gasteiger charge is 2.26. The summed E-state index contributed by atoms with van der Waals surface area (Å²) in [4.78, 5) is 20.0. The summed E-state index contributed by atoms with van der Waals surface area (Å²) in [6.45, 7) is 9.27. The number of aryl methyl sites for hydroxylation is 1. The molecule has 4 heteroatoms. The van der Waals surface area contributed by atoms with Gasteiger partial charge in [0.2, 0.25) is 0 Å². The van der Waals surface area contributed by atoms with Crippen LogP contribution in [0, 0.1) is 12.8 Å². The first-order valence-corrected chi connectivity index (χ1v) is 8.84. The number of aromatic nitrogens is 1. The molecule has 1 heterocycles. The lowest BCUT2D eigenvalue weighted by atomic mass is 9.89. The second-order valence-electron chi connectivity index (χ2n) is 7.37. The zero-order valence-electron chi connectivity index (χ0n) is 14.0. The van der Waals surface area contributed by atoms with Crippen molar-refractivity contribution < 1.29 is 4.79 Å². The molecule has 1 fully saturated rings. The topological polar surface area (TPSA) is 33.2 Å². The lowest BCUT2D eigenvalue weighted by molar-refractivity contribution is 0.0764. The zero-order valence-corrected chi connectivity index (χ0v) is 14.8. The number of carbonyl (C=O) groups excluding carboxylic acids is 1. The van der Waals surface area contributed by atoms with Gasteiger partial charge in [0.05, 0.1) is 10.7 Å². The van der Waals surface area contributed by atoms with E-state index in [0.717, 1.165) is 22.1 Å². The molecule has 3 nitrogen and oxygen atoms in total. The highest BCUT2D eigenvalue weighted by atomic mass is 32.1.